The van der Waals surface area contributed by atoms with Crippen LogP contribution in [0, 0.1) is 0 Å². The number of anilines is 2. The minimum absolute atomic E-state index is 0.0472. The Balaban J connectivity index is 1.51. The van der Waals surface area contributed by atoms with Gasteiger partial charge in [-0.1, -0.05) is 29.3 Å². The van der Waals surface area contributed by atoms with Gasteiger partial charge in [0.05, 0.1) is 16.6 Å². The maximum Gasteiger partial charge on any atom is 0.238 e. The zero-order valence-electron chi connectivity index (χ0n) is 15.0. The maximum atomic E-state index is 12.2. The average molecular weight is 406 g/mol. The first kappa shape index (κ1) is 19.7. The normalized spacial score (nSPS) is 15.1. The van der Waals surface area contributed by atoms with Crippen molar-refractivity contribution in [1.29, 1.82) is 0 Å². The fourth-order valence-corrected chi connectivity index (χ4v) is 3.30. The molecule has 0 spiro atoms. The van der Waals surface area contributed by atoms with Gasteiger partial charge < -0.3 is 15.5 Å². The summed E-state index contributed by atoms with van der Waals surface area (Å²) >= 11 is 12.0. The smallest absolute Gasteiger partial charge is 0.238 e. The van der Waals surface area contributed by atoms with E-state index in [1.165, 1.54) is 0 Å². The third kappa shape index (κ3) is 5.01. The number of hydrogen-bond donors (Lipinski definition) is 2. The van der Waals surface area contributed by atoms with Gasteiger partial charge >= 0.3 is 0 Å². The van der Waals surface area contributed by atoms with Crippen molar-refractivity contribution in [3.8, 4) is 0 Å². The predicted octanol–water partition coefficient (Wildman–Crippen LogP) is 4.41. The van der Waals surface area contributed by atoms with Gasteiger partial charge in [0.25, 0.3) is 0 Å². The summed E-state index contributed by atoms with van der Waals surface area (Å²) in [4.78, 5) is 25.7. The Hall–Kier alpha value is -2.08. The summed E-state index contributed by atoms with van der Waals surface area (Å²) in [5.41, 5.74) is 2.51. The van der Waals surface area contributed by atoms with Crippen molar-refractivity contribution >= 4 is 46.4 Å². The minimum Gasteiger partial charge on any atom is -0.325 e. The summed E-state index contributed by atoms with van der Waals surface area (Å²) in [5, 5.41) is 7.00. The van der Waals surface area contributed by atoms with Crippen molar-refractivity contribution in [2.24, 2.45) is 0 Å². The zero-order chi connectivity index (χ0) is 19.4. The second kappa shape index (κ2) is 8.74. The molecule has 5 nitrogen and oxygen atoms in total. The summed E-state index contributed by atoms with van der Waals surface area (Å²) in [7, 11) is 0. The molecule has 1 aliphatic rings. The van der Waals surface area contributed by atoms with E-state index in [1.54, 1.807) is 29.2 Å². The molecule has 0 unspecified atom stereocenters. The molecule has 2 N–H and O–H groups in total. The van der Waals surface area contributed by atoms with Gasteiger partial charge in [0.2, 0.25) is 11.8 Å². The molecule has 0 aliphatic carbocycles. The lowest BCUT2D eigenvalue weighted by atomic mass is 10.1. The standard InChI is InChI=1S/C20H21Cl2N3O2/c1-13(14-4-9-17(21)18(22)11-14)23-12-19(26)24-15-5-7-16(8-6-15)25-10-2-3-20(25)27/h4-9,11,13,23H,2-3,10,12H2,1H3,(H,24,26)/t13-/m0/s1. The molecule has 2 aromatic carbocycles. The SMILES string of the molecule is C[C@H](NCC(=O)Nc1ccc(N2CCCC2=O)cc1)c1ccc(Cl)c(Cl)c1. The first-order chi connectivity index (χ1) is 12.9. The summed E-state index contributed by atoms with van der Waals surface area (Å²) in [6, 6.07) is 12.7. The number of halogens is 2. The summed E-state index contributed by atoms with van der Waals surface area (Å²) in [5.74, 6) is -0.000754. The Morgan fingerprint density at radius 2 is 1.89 bits per heavy atom. The molecule has 2 amide bonds. The number of carbonyl (C=O) groups is 2. The van der Waals surface area contributed by atoms with Gasteiger partial charge in [0.15, 0.2) is 0 Å². The quantitative estimate of drug-likeness (QED) is 0.747. The maximum absolute atomic E-state index is 12.2. The van der Waals surface area contributed by atoms with Crippen molar-refractivity contribution in [2.45, 2.75) is 25.8 Å². The van der Waals surface area contributed by atoms with Gasteiger partial charge in [-0.3, -0.25) is 9.59 Å². The highest BCUT2D eigenvalue weighted by Crippen LogP contribution is 2.25. The van der Waals surface area contributed by atoms with Gasteiger partial charge in [0.1, 0.15) is 0 Å². The molecular formula is C20H21Cl2N3O2. The van der Waals surface area contributed by atoms with Crippen molar-refractivity contribution in [3.05, 3.63) is 58.1 Å². The van der Waals surface area contributed by atoms with E-state index in [-0.39, 0.29) is 24.4 Å². The van der Waals surface area contributed by atoms with Crippen LogP contribution in [0.5, 0.6) is 0 Å². The van der Waals surface area contributed by atoms with Crippen molar-refractivity contribution < 1.29 is 9.59 Å². The molecule has 1 saturated heterocycles. The molecule has 1 heterocycles. The van der Waals surface area contributed by atoms with E-state index < -0.39 is 0 Å². The Morgan fingerprint density at radius 1 is 1.15 bits per heavy atom. The number of hydrogen-bond acceptors (Lipinski definition) is 3. The van der Waals surface area contributed by atoms with Crippen LogP contribution in [0.1, 0.15) is 31.4 Å². The molecule has 1 atom stereocenters. The van der Waals surface area contributed by atoms with E-state index in [0.29, 0.717) is 22.2 Å². The highest BCUT2D eigenvalue weighted by atomic mass is 35.5. The predicted molar refractivity (Wildman–Crippen MR) is 110 cm³/mol. The highest BCUT2D eigenvalue weighted by molar-refractivity contribution is 6.42. The number of amides is 2. The number of rotatable bonds is 6. The van der Waals surface area contributed by atoms with Gasteiger partial charge in [-0.05, 0) is 55.3 Å². The fraction of sp³-hybridized carbons (Fsp3) is 0.300. The molecular weight excluding hydrogens is 385 g/mol. The van der Waals surface area contributed by atoms with Crippen LogP contribution in [-0.4, -0.2) is 24.9 Å². The van der Waals surface area contributed by atoms with Crippen LogP contribution in [0.15, 0.2) is 42.5 Å². The number of carbonyl (C=O) groups excluding carboxylic acids is 2. The molecule has 27 heavy (non-hydrogen) atoms. The Bertz CT molecular complexity index is 840. The van der Waals surface area contributed by atoms with Gasteiger partial charge in [-0.15, -0.1) is 0 Å². The molecule has 0 saturated carbocycles. The molecule has 0 radical (unpaired) electrons. The summed E-state index contributed by atoms with van der Waals surface area (Å²) in [6.07, 6.45) is 1.49. The molecule has 1 fully saturated rings. The third-order valence-electron chi connectivity index (χ3n) is 4.55. The molecule has 2 aromatic rings. The summed E-state index contributed by atoms with van der Waals surface area (Å²) < 4.78 is 0. The van der Waals surface area contributed by atoms with Crippen LogP contribution < -0.4 is 15.5 Å². The number of benzene rings is 2. The first-order valence-electron chi connectivity index (χ1n) is 8.82. The lowest BCUT2D eigenvalue weighted by Crippen LogP contribution is -2.30. The van der Waals surface area contributed by atoms with Gasteiger partial charge in [-0.25, -0.2) is 0 Å². The molecule has 7 heteroatoms. The van der Waals surface area contributed by atoms with E-state index >= 15 is 0 Å². The lowest BCUT2D eigenvalue weighted by molar-refractivity contribution is -0.117. The number of nitrogens with zero attached hydrogens (tertiary/aromatic N) is 1. The van der Waals surface area contributed by atoms with Crippen LogP contribution in [0.2, 0.25) is 10.0 Å². The van der Waals surface area contributed by atoms with Crippen LogP contribution in [0.25, 0.3) is 0 Å². The van der Waals surface area contributed by atoms with Crippen molar-refractivity contribution in [2.75, 3.05) is 23.3 Å². The molecule has 1 aliphatic heterocycles. The van der Waals surface area contributed by atoms with Crippen molar-refractivity contribution in [3.63, 3.8) is 0 Å². The first-order valence-corrected chi connectivity index (χ1v) is 9.58. The largest absolute Gasteiger partial charge is 0.325 e. The highest BCUT2D eigenvalue weighted by Gasteiger charge is 2.21. The molecule has 142 valence electrons. The minimum atomic E-state index is -0.146. The van der Waals surface area contributed by atoms with Crippen LogP contribution in [0.3, 0.4) is 0 Å². The zero-order valence-corrected chi connectivity index (χ0v) is 16.5. The van der Waals surface area contributed by atoms with Crippen LogP contribution >= 0.6 is 23.2 Å². The monoisotopic (exact) mass is 405 g/mol. The Kier molecular flexibility index (Phi) is 6.37. The van der Waals surface area contributed by atoms with E-state index in [4.69, 9.17) is 23.2 Å². The topological polar surface area (TPSA) is 61.4 Å². The van der Waals surface area contributed by atoms with Crippen LogP contribution in [-0.2, 0) is 9.59 Å². The second-order valence-corrected chi connectivity index (χ2v) is 7.33. The molecule has 0 bridgehead atoms. The third-order valence-corrected chi connectivity index (χ3v) is 5.29. The second-order valence-electron chi connectivity index (χ2n) is 6.52. The van der Waals surface area contributed by atoms with E-state index in [0.717, 1.165) is 24.2 Å². The fourth-order valence-electron chi connectivity index (χ4n) is 3.00. The Morgan fingerprint density at radius 3 is 2.52 bits per heavy atom. The molecule has 0 aromatic heterocycles. The number of nitrogens with one attached hydrogen (secondary N) is 2. The van der Waals surface area contributed by atoms with E-state index in [2.05, 4.69) is 10.6 Å². The Labute approximate surface area is 168 Å². The van der Waals surface area contributed by atoms with Gasteiger partial charge in [-0.2, -0.15) is 0 Å². The molecule has 3 rings (SSSR count). The van der Waals surface area contributed by atoms with E-state index in [1.807, 2.05) is 25.1 Å². The summed E-state index contributed by atoms with van der Waals surface area (Å²) in [6.45, 7) is 2.86. The van der Waals surface area contributed by atoms with Crippen LogP contribution in [0.4, 0.5) is 11.4 Å². The van der Waals surface area contributed by atoms with Gasteiger partial charge in [0, 0.05) is 30.4 Å². The van der Waals surface area contributed by atoms with Crippen molar-refractivity contribution in [1.82, 2.24) is 5.32 Å². The lowest BCUT2D eigenvalue weighted by Gasteiger charge is -2.17. The average Bonchev–Trinajstić information content (AvgIpc) is 3.08. The van der Waals surface area contributed by atoms with E-state index in [9.17, 15) is 9.59 Å².